The van der Waals surface area contributed by atoms with Gasteiger partial charge in [-0.3, -0.25) is 14.9 Å². The van der Waals surface area contributed by atoms with E-state index in [1.165, 1.54) is 25.3 Å². The van der Waals surface area contributed by atoms with Crippen molar-refractivity contribution in [2.45, 2.75) is 0 Å². The van der Waals surface area contributed by atoms with Crippen LogP contribution in [-0.4, -0.2) is 38.2 Å². The fourth-order valence-electron chi connectivity index (χ4n) is 3.41. The molecule has 10 heteroatoms. The average molecular weight is 527 g/mol. The molecule has 0 saturated carbocycles. The van der Waals surface area contributed by atoms with Gasteiger partial charge in [0.15, 0.2) is 11.5 Å². The second-order valence-corrected chi connectivity index (χ2v) is 8.32. The van der Waals surface area contributed by atoms with Gasteiger partial charge >= 0.3 is 6.03 Å². The number of barbiturate groups is 1. The molecule has 1 fully saturated rings. The van der Waals surface area contributed by atoms with Crippen molar-refractivity contribution in [3.63, 3.8) is 0 Å². The van der Waals surface area contributed by atoms with Crippen molar-refractivity contribution in [1.29, 1.82) is 0 Å². The Kier molecular flexibility index (Phi) is 7.77. The van der Waals surface area contributed by atoms with E-state index in [0.717, 1.165) is 4.90 Å². The first-order chi connectivity index (χ1) is 17.4. The van der Waals surface area contributed by atoms with E-state index in [1.54, 1.807) is 42.5 Å². The minimum atomic E-state index is -0.843. The highest BCUT2D eigenvalue weighted by atomic mass is 35.5. The summed E-state index contributed by atoms with van der Waals surface area (Å²) in [6, 6.07) is 17.3. The number of hydrogen-bond donors (Lipinski definition) is 1. The fraction of sp³-hybridized carbons (Fsp3) is 0.115. The molecule has 0 aliphatic carbocycles. The van der Waals surface area contributed by atoms with Crippen LogP contribution in [0.1, 0.15) is 5.56 Å². The van der Waals surface area contributed by atoms with Crippen LogP contribution in [0.2, 0.25) is 10.0 Å². The number of imide groups is 2. The van der Waals surface area contributed by atoms with E-state index >= 15 is 0 Å². The number of urea groups is 1. The lowest BCUT2D eigenvalue weighted by molar-refractivity contribution is -0.122. The van der Waals surface area contributed by atoms with Gasteiger partial charge in [0, 0.05) is 5.02 Å². The molecular formula is C26H20Cl2N2O6. The molecule has 36 heavy (non-hydrogen) atoms. The lowest BCUT2D eigenvalue weighted by Crippen LogP contribution is -2.54. The van der Waals surface area contributed by atoms with Crippen LogP contribution in [0, 0.1) is 0 Å². The lowest BCUT2D eigenvalue weighted by atomic mass is 10.1. The molecule has 0 aromatic heterocycles. The molecule has 3 aromatic carbocycles. The third kappa shape index (κ3) is 5.62. The number of ether oxygens (including phenoxy) is 3. The summed E-state index contributed by atoms with van der Waals surface area (Å²) in [6.07, 6.45) is 1.37. The third-order valence-electron chi connectivity index (χ3n) is 5.12. The van der Waals surface area contributed by atoms with Gasteiger partial charge in [0.1, 0.15) is 24.5 Å². The number of amides is 4. The van der Waals surface area contributed by atoms with E-state index in [4.69, 9.17) is 37.4 Å². The summed E-state index contributed by atoms with van der Waals surface area (Å²) < 4.78 is 16.8. The molecule has 4 amide bonds. The number of anilines is 1. The summed E-state index contributed by atoms with van der Waals surface area (Å²) in [7, 11) is 1.47. The molecular weight excluding hydrogens is 507 g/mol. The normalized spacial score (nSPS) is 14.6. The maximum atomic E-state index is 13.0. The smallest absolute Gasteiger partial charge is 0.335 e. The quantitative estimate of drug-likeness (QED) is 0.248. The zero-order chi connectivity index (χ0) is 25.7. The van der Waals surface area contributed by atoms with Crippen molar-refractivity contribution in [2.75, 3.05) is 25.2 Å². The van der Waals surface area contributed by atoms with Crippen LogP contribution < -0.4 is 24.4 Å². The monoisotopic (exact) mass is 526 g/mol. The number of halogens is 2. The van der Waals surface area contributed by atoms with Crippen LogP contribution in [-0.2, 0) is 9.59 Å². The highest BCUT2D eigenvalue weighted by Crippen LogP contribution is 2.30. The largest absolute Gasteiger partial charge is 0.493 e. The average Bonchev–Trinajstić information content (AvgIpc) is 2.87. The van der Waals surface area contributed by atoms with Gasteiger partial charge < -0.3 is 14.2 Å². The number of carbonyl (C=O) groups is 3. The van der Waals surface area contributed by atoms with Gasteiger partial charge in [0.25, 0.3) is 11.8 Å². The van der Waals surface area contributed by atoms with Crippen molar-refractivity contribution in [2.24, 2.45) is 0 Å². The summed E-state index contributed by atoms with van der Waals surface area (Å²) in [4.78, 5) is 38.7. The first kappa shape index (κ1) is 25.1. The second-order valence-electron chi connectivity index (χ2n) is 7.47. The zero-order valence-corrected chi connectivity index (χ0v) is 20.5. The summed E-state index contributed by atoms with van der Waals surface area (Å²) in [5.41, 5.74) is 0.560. The maximum absolute atomic E-state index is 13.0. The molecule has 1 saturated heterocycles. The van der Waals surface area contributed by atoms with Crippen LogP contribution in [0.25, 0.3) is 6.08 Å². The second kappa shape index (κ2) is 11.2. The minimum Gasteiger partial charge on any atom is -0.493 e. The highest BCUT2D eigenvalue weighted by Gasteiger charge is 2.36. The van der Waals surface area contributed by atoms with Gasteiger partial charge in [-0.1, -0.05) is 41.4 Å². The number of methoxy groups -OCH3 is 1. The minimum absolute atomic E-state index is 0.214. The Hall–Kier alpha value is -4.01. The van der Waals surface area contributed by atoms with E-state index in [9.17, 15) is 14.4 Å². The zero-order valence-electron chi connectivity index (χ0n) is 19.0. The van der Waals surface area contributed by atoms with E-state index < -0.39 is 17.8 Å². The Morgan fingerprint density at radius 1 is 0.861 bits per heavy atom. The topological polar surface area (TPSA) is 94.2 Å². The number of rotatable bonds is 8. The Morgan fingerprint density at radius 3 is 2.25 bits per heavy atom. The standard InChI is InChI=1S/C26H20Cl2N2O6/c1-34-23-15-16(6-11-22(23)36-13-12-35-21-5-3-2-4-20(21)28)14-19-24(31)29-26(33)30(25(19)32)18-9-7-17(27)8-10-18/h2-11,14-15H,12-13H2,1H3,(H,29,31,33). The van der Waals surface area contributed by atoms with Gasteiger partial charge in [0.05, 0.1) is 17.8 Å². The Morgan fingerprint density at radius 2 is 1.56 bits per heavy atom. The van der Waals surface area contributed by atoms with Gasteiger partial charge in [0.2, 0.25) is 0 Å². The Bertz CT molecular complexity index is 1340. The van der Waals surface area contributed by atoms with Crippen molar-refractivity contribution >= 4 is 52.8 Å². The van der Waals surface area contributed by atoms with E-state index in [1.807, 2.05) is 12.1 Å². The first-order valence-electron chi connectivity index (χ1n) is 10.7. The van der Waals surface area contributed by atoms with Crippen molar-refractivity contribution < 1.29 is 28.6 Å². The number of para-hydroxylation sites is 1. The van der Waals surface area contributed by atoms with Crippen molar-refractivity contribution in [1.82, 2.24) is 5.32 Å². The van der Waals surface area contributed by atoms with Crippen LogP contribution in [0.15, 0.2) is 72.3 Å². The first-order valence-corrected chi connectivity index (χ1v) is 11.5. The summed E-state index contributed by atoms with van der Waals surface area (Å²) >= 11 is 12.0. The summed E-state index contributed by atoms with van der Waals surface area (Å²) in [5.74, 6) is -0.178. The molecule has 1 heterocycles. The molecule has 0 radical (unpaired) electrons. The van der Waals surface area contributed by atoms with E-state index in [2.05, 4.69) is 5.32 Å². The fourth-order valence-corrected chi connectivity index (χ4v) is 3.72. The lowest BCUT2D eigenvalue weighted by Gasteiger charge is -2.26. The van der Waals surface area contributed by atoms with Gasteiger partial charge in [-0.15, -0.1) is 0 Å². The van der Waals surface area contributed by atoms with Gasteiger partial charge in [-0.25, -0.2) is 9.69 Å². The number of nitrogens with zero attached hydrogens (tertiary/aromatic N) is 1. The summed E-state index contributed by atoms with van der Waals surface area (Å²) in [5, 5.41) is 3.13. The molecule has 0 unspecified atom stereocenters. The number of hydrogen-bond acceptors (Lipinski definition) is 6. The molecule has 1 aliphatic heterocycles. The molecule has 0 spiro atoms. The van der Waals surface area contributed by atoms with Crippen molar-refractivity contribution in [3.05, 3.63) is 87.9 Å². The summed E-state index contributed by atoms with van der Waals surface area (Å²) in [6.45, 7) is 0.475. The van der Waals surface area contributed by atoms with Crippen LogP contribution in [0.5, 0.6) is 17.2 Å². The van der Waals surface area contributed by atoms with Gasteiger partial charge in [-0.2, -0.15) is 0 Å². The molecule has 8 nitrogen and oxygen atoms in total. The van der Waals surface area contributed by atoms with Crippen LogP contribution in [0.4, 0.5) is 10.5 Å². The Balaban J connectivity index is 1.48. The molecule has 1 aliphatic rings. The maximum Gasteiger partial charge on any atom is 0.335 e. The molecule has 4 rings (SSSR count). The SMILES string of the molecule is COc1cc(C=C2C(=O)NC(=O)N(c3ccc(Cl)cc3)C2=O)ccc1OCCOc1ccccc1Cl. The molecule has 0 atom stereocenters. The van der Waals surface area contributed by atoms with Gasteiger partial charge in [-0.05, 0) is 60.2 Å². The molecule has 0 bridgehead atoms. The van der Waals surface area contributed by atoms with Crippen LogP contribution in [0.3, 0.4) is 0 Å². The van der Waals surface area contributed by atoms with Crippen LogP contribution >= 0.6 is 23.2 Å². The number of nitrogens with one attached hydrogen (secondary N) is 1. The number of carbonyl (C=O) groups excluding carboxylic acids is 3. The third-order valence-corrected chi connectivity index (χ3v) is 5.68. The van der Waals surface area contributed by atoms with E-state index in [0.29, 0.717) is 32.9 Å². The van der Waals surface area contributed by atoms with E-state index in [-0.39, 0.29) is 24.5 Å². The molecule has 184 valence electrons. The number of benzene rings is 3. The molecule has 1 N–H and O–H groups in total. The predicted octanol–water partition coefficient (Wildman–Crippen LogP) is 5.13. The molecule has 3 aromatic rings. The highest BCUT2D eigenvalue weighted by molar-refractivity contribution is 6.39. The predicted molar refractivity (Wildman–Crippen MR) is 136 cm³/mol. The Labute approximate surface area is 217 Å². The van der Waals surface area contributed by atoms with Crippen molar-refractivity contribution in [3.8, 4) is 17.2 Å².